The lowest BCUT2D eigenvalue weighted by Crippen LogP contribution is -2.34. The van der Waals surface area contributed by atoms with Crippen LogP contribution in [0.2, 0.25) is 0 Å². The Kier molecular flexibility index (Phi) is 2.96. The third-order valence-corrected chi connectivity index (χ3v) is 3.06. The first-order chi connectivity index (χ1) is 7.16. The maximum absolute atomic E-state index is 9.80. The second-order valence-corrected chi connectivity index (χ2v) is 4.63. The molecule has 0 radical (unpaired) electrons. The number of hydrogen-bond donors (Lipinski definition) is 1. The third kappa shape index (κ3) is 2.96. The number of aliphatic hydroxyl groups is 1. The second-order valence-electron chi connectivity index (χ2n) is 4.63. The van der Waals surface area contributed by atoms with Crippen LogP contribution in [0.1, 0.15) is 32.6 Å². The van der Waals surface area contributed by atoms with E-state index in [4.69, 9.17) is 4.74 Å². The Bertz CT molecular complexity index is 296. The molecule has 0 unspecified atom stereocenters. The van der Waals surface area contributed by atoms with Crippen LogP contribution in [0, 0.1) is 0 Å². The Balaban J connectivity index is 1.88. The molecule has 0 amide bonds. The minimum Gasteiger partial charge on any atom is -0.490 e. The molecule has 1 aromatic carbocycles. The molecular formula is C13H18O2. The van der Waals surface area contributed by atoms with Gasteiger partial charge in [-0.05, 0) is 44.7 Å². The average Bonchev–Trinajstić information content (AvgIpc) is 2.23. The highest BCUT2D eigenvalue weighted by Crippen LogP contribution is 2.30. The summed E-state index contributed by atoms with van der Waals surface area (Å²) in [5, 5.41) is 9.80. The molecule has 2 rings (SSSR count). The van der Waals surface area contributed by atoms with E-state index >= 15 is 0 Å². The van der Waals surface area contributed by atoms with Crippen LogP contribution in [-0.2, 0) is 0 Å². The van der Waals surface area contributed by atoms with E-state index in [-0.39, 0.29) is 6.10 Å². The molecule has 1 aliphatic carbocycles. The first-order valence-corrected chi connectivity index (χ1v) is 5.60. The molecule has 1 saturated carbocycles. The summed E-state index contributed by atoms with van der Waals surface area (Å²) in [6, 6.07) is 9.90. The molecule has 1 fully saturated rings. The van der Waals surface area contributed by atoms with Crippen molar-refractivity contribution in [1.82, 2.24) is 0 Å². The van der Waals surface area contributed by atoms with E-state index in [0.29, 0.717) is 0 Å². The van der Waals surface area contributed by atoms with E-state index in [1.807, 2.05) is 37.3 Å². The van der Waals surface area contributed by atoms with Gasteiger partial charge in [0.25, 0.3) is 0 Å². The zero-order valence-electron chi connectivity index (χ0n) is 9.15. The molecule has 1 aliphatic rings. The number of para-hydroxylation sites is 1. The van der Waals surface area contributed by atoms with Gasteiger partial charge in [0, 0.05) is 0 Å². The van der Waals surface area contributed by atoms with Gasteiger partial charge in [-0.3, -0.25) is 0 Å². The van der Waals surface area contributed by atoms with Crippen LogP contribution in [0.4, 0.5) is 0 Å². The first-order valence-electron chi connectivity index (χ1n) is 5.60. The molecule has 15 heavy (non-hydrogen) atoms. The van der Waals surface area contributed by atoms with Crippen molar-refractivity contribution in [3.63, 3.8) is 0 Å². The summed E-state index contributed by atoms with van der Waals surface area (Å²) < 4.78 is 5.84. The molecule has 0 heterocycles. The van der Waals surface area contributed by atoms with Crippen molar-refractivity contribution in [2.75, 3.05) is 0 Å². The van der Waals surface area contributed by atoms with Crippen molar-refractivity contribution in [1.29, 1.82) is 0 Å². The first kappa shape index (κ1) is 10.5. The van der Waals surface area contributed by atoms with E-state index in [1.165, 1.54) is 0 Å². The van der Waals surface area contributed by atoms with Gasteiger partial charge < -0.3 is 9.84 Å². The van der Waals surface area contributed by atoms with Gasteiger partial charge in [-0.25, -0.2) is 0 Å². The molecule has 82 valence electrons. The Morgan fingerprint density at radius 2 is 1.80 bits per heavy atom. The van der Waals surface area contributed by atoms with E-state index in [2.05, 4.69) is 0 Å². The van der Waals surface area contributed by atoms with Crippen LogP contribution in [-0.4, -0.2) is 16.8 Å². The second kappa shape index (κ2) is 4.23. The van der Waals surface area contributed by atoms with Gasteiger partial charge in [-0.2, -0.15) is 0 Å². The van der Waals surface area contributed by atoms with Crippen LogP contribution in [0.3, 0.4) is 0 Å². The SMILES string of the molecule is CC1(O)CCC(Oc2ccccc2)CC1. The topological polar surface area (TPSA) is 29.5 Å². The normalized spacial score (nSPS) is 31.2. The monoisotopic (exact) mass is 206 g/mol. The minimum absolute atomic E-state index is 0.271. The molecule has 2 nitrogen and oxygen atoms in total. The zero-order chi connectivity index (χ0) is 10.7. The quantitative estimate of drug-likeness (QED) is 0.806. The number of hydrogen-bond acceptors (Lipinski definition) is 2. The lowest BCUT2D eigenvalue weighted by molar-refractivity contribution is -0.0108. The zero-order valence-corrected chi connectivity index (χ0v) is 9.15. The highest BCUT2D eigenvalue weighted by molar-refractivity contribution is 5.21. The average molecular weight is 206 g/mol. The molecule has 0 atom stereocenters. The van der Waals surface area contributed by atoms with E-state index < -0.39 is 5.60 Å². The van der Waals surface area contributed by atoms with Crippen molar-refractivity contribution in [3.05, 3.63) is 30.3 Å². The predicted octanol–water partition coefficient (Wildman–Crippen LogP) is 2.76. The van der Waals surface area contributed by atoms with E-state index in [1.54, 1.807) is 0 Å². The summed E-state index contributed by atoms with van der Waals surface area (Å²) in [5.41, 5.74) is -0.476. The van der Waals surface area contributed by atoms with Crippen molar-refractivity contribution in [2.45, 2.75) is 44.3 Å². The van der Waals surface area contributed by atoms with Gasteiger partial charge in [0.1, 0.15) is 5.75 Å². The maximum atomic E-state index is 9.80. The molecular weight excluding hydrogens is 188 g/mol. The molecule has 1 aromatic rings. The van der Waals surface area contributed by atoms with Crippen molar-refractivity contribution in [2.24, 2.45) is 0 Å². The molecule has 0 bridgehead atoms. The Labute approximate surface area is 90.9 Å². The Morgan fingerprint density at radius 3 is 2.40 bits per heavy atom. The third-order valence-electron chi connectivity index (χ3n) is 3.06. The molecule has 0 spiro atoms. The fourth-order valence-corrected chi connectivity index (χ4v) is 2.02. The molecule has 1 N–H and O–H groups in total. The largest absolute Gasteiger partial charge is 0.490 e. The van der Waals surface area contributed by atoms with Crippen molar-refractivity contribution >= 4 is 0 Å². The van der Waals surface area contributed by atoms with Crippen LogP contribution in [0.5, 0.6) is 5.75 Å². The fourth-order valence-electron chi connectivity index (χ4n) is 2.02. The summed E-state index contributed by atoms with van der Waals surface area (Å²) >= 11 is 0. The van der Waals surface area contributed by atoms with Crippen molar-refractivity contribution < 1.29 is 9.84 Å². The fraction of sp³-hybridized carbons (Fsp3) is 0.538. The van der Waals surface area contributed by atoms with Gasteiger partial charge in [-0.1, -0.05) is 18.2 Å². The van der Waals surface area contributed by atoms with Gasteiger partial charge in [0.15, 0.2) is 0 Å². The molecule has 0 aliphatic heterocycles. The van der Waals surface area contributed by atoms with Crippen LogP contribution in [0.15, 0.2) is 30.3 Å². The van der Waals surface area contributed by atoms with Crippen LogP contribution in [0.25, 0.3) is 0 Å². The number of ether oxygens (including phenoxy) is 1. The highest BCUT2D eigenvalue weighted by atomic mass is 16.5. The van der Waals surface area contributed by atoms with Gasteiger partial charge >= 0.3 is 0 Å². The molecule has 0 aromatic heterocycles. The summed E-state index contributed by atoms with van der Waals surface area (Å²) in [7, 11) is 0. The summed E-state index contributed by atoms with van der Waals surface area (Å²) in [6.45, 7) is 1.91. The molecule has 2 heteroatoms. The molecule has 0 saturated heterocycles. The Hall–Kier alpha value is -1.02. The van der Waals surface area contributed by atoms with Gasteiger partial charge in [-0.15, -0.1) is 0 Å². The van der Waals surface area contributed by atoms with E-state index in [0.717, 1.165) is 31.4 Å². The smallest absolute Gasteiger partial charge is 0.119 e. The maximum Gasteiger partial charge on any atom is 0.119 e. The van der Waals surface area contributed by atoms with Gasteiger partial charge in [0.2, 0.25) is 0 Å². The van der Waals surface area contributed by atoms with Crippen molar-refractivity contribution in [3.8, 4) is 5.75 Å². The summed E-state index contributed by atoms with van der Waals surface area (Å²) in [5.74, 6) is 0.934. The predicted molar refractivity (Wildman–Crippen MR) is 59.9 cm³/mol. The van der Waals surface area contributed by atoms with Crippen LogP contribution >= 0.6 is 0 Å². The van der Waals surface area contributed by atoms with Gasteiger partial charge in [0.05, 0.1) is 11.7 Å². The lowest BCUT2D eigenvalue weighted by atomic mass is 9.85. The standard InChI is InChI=1S/C13H18O2/c1-13(14)9-7-12(8-10-13)15-11-5-3-2-4-6-11/h2-6,12,14H,7-10H2,1H3. The van der Waals surface area contributed by atoms with E-state index in [9.17, 15) is 5.11 Å². The minimum atomic E-state index is -0.476. The summed E-state index contributed by atoms with van der Waals surface area (Å²) in [4.78, 5) is 0. The van der Waals surface area contributed by atoms with Crippen LogP contribution < -0.4 is 4.74 Å². The Morgan fingerprint density at radius 1 is 1.20 bits per heavy atom. The summed E-state index contributed by atoms with van der Waals surface area (Å²) in [6.07, 6.45) is 3.84. The number of benzene rings is 1. The number of rotatable bonds is 2. The lowest BCUT2D eigenvalue weighted by Gasteiger charge is -2.33. The highest BCUT2D eigenvalue weighted by Gasteiger charge is 2.29.